The number of aromatic nitrogens is 2. The van der Waals surface area contributed by atoms with Gasteiger partial charge < -0.3 is 9.13 Å². The Kier molecular flexibility index (Phi) is 6.14. The van der Waals surface area contributed by atoms with Crippen molar-refractivity contribution >= 4 is 61.1 Å². The van der Waals surface area contributed by atoms with Gasteiger partial charge in [0.1, 0.15) is 6.07 Å². The fraction of sp³-hybridized carbons (Fsp3) is 0. The largest absolute Gasteiger partial charge is 0.309 e. The molecule has 1 aliphatic heterocycles. The third-order valence-electron chi connectivity index (χ3n) is 10.1. The summed E-state index contributed by atoms with van der Waals surface area (Å²) in [6.45, 7) is 0. The maximum absolute atomic E-state index is 13.9. The van der Waals surface area contributed by atoms with Crippen molar-refractivity contribution in [1.82, 2.24) is 9.13 Å². The van der Waals surface area contributed by atoms with Gasteiger partial charge in [0.2, 0.25) is 0 Å². The van der Waals surface area contributed by atoms with Crippen LogP contribution in [-0.4, -0.2) is 20.9 Å². The molecule has 6 nitrogen and oxygen atoms in total. The predicted octanol–water partition coefficient (Wildman–Crippen LogP) is 10.2. The second kappa shape index (κ2) is 10.9. The van der Waals surface area contributed by atoms with Crippen molar-refractivity contribution in [3.05, 3.63) is 174 Å². The Morgan fingerprint density at radius 1 is 0.451 bits per heavy atom. The molecule has 2 aromatic heterocycles. The first-order valence-electron chi connectivity index (χ1n) is 16.8. The third kappa shape index (κ3) is 4.09. The maximum atomic E-state index is 13.9. The van der Waals surface area contributed by atoms with E-state index < -0.39 is 11.8 Å². The lowest BCUT2D eigenvalue weighted by molar-refractivity contribution is 0.0926. The number of rotatable bonds is 4. The quantitative estimate of drug-likeness (QED) is 0.177. The number of hydrogen-bond acceptors (Lipinski definition) is 3. The van der Waals surface area contributed by atoms with E-state index >= 15 is 0 Å². The Morgan fingerprint density at radius 2 is 0.980 bits per heavy atom. The van der Waals surface area contributed by atoms with Crippen molar-refractivity contribution in [1.29, 1.82) is 5.26 Å². The first kappa shape index (κ1) is 28.8. The van der Waals surface area contributed by atoms with Gasteiger partial charge >= 0.3 is 0 Å². The van der Waals surface area contributed by atoms with Crippen molar-refractivity contribution in [3.8, 4) is 28.6 Å². The molecule has 1 aliphatic rings. The zero-order chi connectivity index (χ0) is 34.2. The van der Waals surface area contributed by atoms with Crippen LogP contribution in [0, 0.1) is 11.3 Å². The summed E-state index contributed by atoms with van der Waals surface area (Å²) in [6, 6.07) is 54.5. The number of anilines is 1. The minimum absolute atomic E-state index is 0.240. The number of nitriles is 1. The highest BCUT2D eigenvalue weighted by atomic mass is 16.2. The summed E-state index contributed by atoms with van der Waals surface area (Å²) in [7, 11) is 0. The van der Waals surface area contributed by atoms with Crippen molar-refractivity contribution in [2.75, 3.05) is 4.90 Å². The van der Waals surface area contributed by atoms with E-state index in [0.717, 1.165) is 54.9 Å². The fourth-order valence-corrected chi connectivity index (χ4v) is 7.83. The van der Waals surface area contributed by atoms with Crippen LogP contribution in [0.5, 0.6) is 0 Å². The van der Waals surface area contributed by atoms with Gasteiger partial charge in [0, 0.05) is 27.2 Å². The molecule has 10 rings (SSSR count). The van der Waals surface area contributed by atoms with Gasteiger partial charge in [-0.25, -0.2) is 4.90 Å². The van der Waals surface area contributed by atoms with Crippen LogP contribution in [0.4, 0.5) is 5.69 Å². The summed E-state index contributed by atoms with van der Waals surface area (Å²) in [5, 5.41) is 14.6. The van der Waals surface area contributed by atoms with Crippen LogP contribution in [0.25, 0.3) is 66.1 Å². The predicted molar refractivity (Wildman–Crippen MR) is 203 cm³/mol. The van der Waals surface area contributed by atoms with E-state index in [1.54, 1.807) is 36.4 Å². The van der Waals surface area contributed by atoms with Gasteiger partial charge in [0.15, 0.2) is 0 Å². The maximum Gasteiger partial charge on any atom is 0.266 e. The van der Waals surface area contributed by atoms with Crippen LogP contribution in [0.15, 0.2) is 158 Å². The van der Waals surface area contributed by atoms with Crippen molar-refractivity contribution in [2.45, 2.75) is 0 Å². The van der Waals surface area contributed by atoms with E-state index in [1.807, 2.05) is 30.3 Å². The standard InChI is InChI=1S/C45H26N4O2/c46-27-30-13-10-20-40(43(30)49-44(50)34-16-4-5-17-35(34)45(49)51)48-39-19-9-7-15-33(39)37-25-41-36(26-42(37)48)32-14-6-8-18-38(32)47(41)31-23-21-29(22-24-31)28-11-2-1-3-12-28/h1-26H. The monoisotopic (exact) mass is 654 g/mol. The molecule has 2 amide bonds. The molecule has 0 spiro atoms. The van der Waals surface area contributed by atoms with Gasteiger partial charge in [-0.2, -0.15) is 5.26 Å². The molecule has 0 aliphatic carbocycles. The molecule has 3 heterocycles. The molecule has 0 atom stereocenters. The zero-order valence-electron chi connectivity index (χ0n) is 27.1. The Morgan fingerprint density at radius 3 is 1.61 bits per heavy atom. The average Bonchev–Trinajstić information content (AvgIpc) is 3.78. The number of amides is 2. The summed E-state index contributed by atoms with van der Waals surface area (Å²) in [4.78, 5) is 28.9. The van der Waals surface area contributed by atoms with Crippen LogP contribution in [0.2, 0.25) is 0 Å². The van der Waals surface area contributed by atoms with Crippen molar-refractivity contribution < 1.29 is 9.59 Å². The summed E-state index contributed by atoms with van der Waals surface area (Å²) >= 11 is 0. The molecule has 7 aromatic carbocycles. The molecule has 51 heavy (non-hydrogen) atoms. The van der Waals surface area contributed by atoms with Crippen molar-refractivity contribution in [2.24, 2.45) is 0 Å². The van der Waals surface area contributed by atoms with Crippen LogP contribution >= 0.6 is 0 Å². The number of para-hydroxylation sites is 3. The molecule has 9 aromatic rings. The molecule has 238 valence electrons. The van der Waals surface area contributed by atoms with Gasteiger partial charge in [-0.15, -0.1) is 0 Å². The number of carbonyl (C=O) groups excluding carboxylic acids is 2. The second-order valence-electron chi connectivity index (χ2n) is 12.8. The van der Waals surface area contributed by atoms with Crippen LogP contribution in [0.1, 0.15) is 26.3 Å². The highest BCUT2D eigenvalue weighted by Gasteiger charge is 2.39. The first-order valence-corrected chi connectivity index (χ1v) is 16.8. The van der Waals surface area contributed by atoms with E-state index in [4.69, 9.17) is 0 Å². The lowest BCUT2D eigenvalue weighted by atomic mass is 10.1. The van der Waals surface area contributed by atoms with E-state index in [0.29, 0.717) is 16.8 Å². The number of benzene rings is 7. The van der Waals surface area contributed by atoms with Gasteiger partial charge in [0.25, 0.3) is 11.8 Å². The molecule has 0 unspecified atom stereocenters. The minimum atomic E-state index is -0.441. The Balaban J connectivity index is 1.25. The van der Waals surface area contributed by atoms with E-state index in [9.17, 15) is 14.9 Å². The van der Waals surface area contributed by atoms with Crippen molar-refractivity contribution in [3.63, 3.8) is 0 Å². The zero-order valence-corrected chi connectivity index (χ0v) is 27.1. The topological polar surface area (TPSA) is 71.0 Å². The van der Waals surface area contributed by atoms with Crippen LogP contribution in [0.3, 0.4) is 0 Å². The first-order chi connectivity index (χ1) is 25.1. The minimum Gasteiger partial charge on any atom is -0.309 e. The lowest BCUT2D eigenvalue weighted by Gasteiger charge is -2.21. The number of imide groups is 1. The summed E-state index contributed by atoms with van der Waals surface area (Å²) in [6.07, 6.45) is 0. The molecule has 0 N–H and O–H groups in total. The number of fused-ring (bicyclic) bond motifs is 7. The average molecular weight is 655 g/mol. The molecule has 0 saturated carbocycles. The molecule has 0 fully saturated rings. The van der Waals surface area contributed by atoms with Gasteiger partial charge in [-0.05, 0) is 71.8 Å². The number of carbonyl (C=O) groups is 2. The smallest absolute Gasteiger partial charge is 0.266 e. The molecular formula is C45H26N4O2. The Hall–Kier alpha value is -7.23. The highest BCUT2D eigenvalue weighted by molar-refractivity contribution is 6.35. The molecule has 0 bridgehead atoms. The lowest BCUT2D eigenvalue weighted by Crippen LogP contribution is -2.31. The molecule has 6 heteroatoms. The summed E-state index contributed by atoms with van der Waals surface area (Å²) in [5.41, 5.74) is 9.07. The Labute approximate surface area is 292 Å². The SMILES string of the molecule is N#Cc1cccc(-n2c3ccccc3c3cc4c(cc32)c2ccccc2n4-c2ccc(-c3ccccc3)cc2)c1N1C(=O)c2ccccc2C1=O. The second-order valence-corrected chi connectivity index (χ2v) is 12.8. The molecule has 0 saturated heterocycles. The fourth-order valence-electron chi connectivity index (χ4n) is 7.83. The normalized spacial score (nSPS) is 12.7. The molecular weight excluding hydrogens is 629 g/mol. The number of hydrogen-bond donors (Lipinski definition) is 0. The highest BCUT2D eigenvalue weighted by Crippen LogP contribution is 2.43. The number of nitrogens with zero attached hydrogens (tertiary/aromatic N) is 4. The van der Waals surface area contributed by atoms with E-state index in [1.165, 1.54) is 10.5 Å². The van der Waals surface area contributed by atoms with E-state index in [2.05, 4.69) is 106 Å². The molecule has 0 radical (unpaired) electrons. The summed E-state index contributed by atoms with van der Waals surface area (Å²) in [5.74, 6) is -0.881. The summed E-state index contributed by atoms with van der Waals surface area (Å²) < 4.78 is 4.40. The van der Waals surface area contributed by atoms with Crippen LogP contribution < -0.4 is 4.90 Å². The van der Waals surface area contributed by atoms with Gasteiger partial charge in [-0.1, -0.05) is 97.1 Å². The third-order valence-corrected chi connectivity index (χ3v) is 10.1. The van der Waals surface area contributed by atoms with E-state index in [-0.39, 0.29) is 11.3 Å². The van der Waals surface area contributed by atoms with Crippen LogP contribution in [-0.2, 0) is 0 Å². The van der Waals surface area contributed by atoms with Gasteiger partial charge in [0.05, 0.1) is 50.1 Å². The van der Waals surface area contributed by atoms with Gasteiger partial charge in [-0.3, -0.25) is 9.59 Å². The Bertz CT molecular complexity index is 2930.